The molecular weight excluding hydrogens is 242 g/mol. The SMILES string of the molecule is CC1CCCC(NC2CCC(c3ccccc3)CC2)C1. The molecule has 0 aromatic heterocycles. The lowest BCUT2D eigenvalue weighted by atomic mass is 9.80. The molecule has 1 nitrogen and oxygen atoms in total. The molecular formula is C19H29N. The predicted octanol–water partition coefficient (Wildman–Crippen LogP) is 4.88. The van der Waals surface area contributed by atoms with Crippen LogP contribution >= 0.6 is 0 Å². The first-order valence-corrected chi connectivity index (χ1v) is 8.62. The van der Waals surface area contributed by atoms with Gasteiger partial charge in [-0.1, -0.05) is 50.1 Å². The number of benzene rings is 1. The van der Waals surface area contributed by atoms with Crippen molar-refractivity contribution in [1.82, 2.24) is 5.32 Å². The van der Waals surface area contributed by atoms with Gasteiger partial charge in [0.1, 0.15) is 0 Å². The topological polar surface area (TPSA) is 12.0 Å². The molecule has 2 aliphatic rings. The average Bonchev–Trinajstić information content (AvgIpc) is 2.49. The lowest BCUT2D eigenvalue weighted by molar-refractivity contribution is 0.247. The molecule has 0 aliphatic heterocycles. The number of nitrogens with one attached hydrogen (secondary N) is 1. The van der Waals surface area contributed by atoms with Crippen LogP contribution in [0.5, 0.6) is 0 Å². The van der Waals surface area contributed by atoms with E-state index in [1.54, 1.807) is 5.56 Å². The second kappa shape index (κ2) is 6.76. The van der Waals surface area contributed by atoms with Crippen molar-refractivity contribution >= 4 is 0 Å². The number of rotatable bonds is 3. The molecule has 1 N–H and O–H groups in total. The first-order valence-electron chi connectivity index (χ1n) is 8.62. The molecule has 0 radical (unpaired) electrons. The Morgan fingerprint density at radius 1 is 0.850 bits per heavy atom. The first-order chi connectivity index (χ1) is 9.81. The molecule has 0 heterocycles. The van der Waals surface area contributed by atoms with Crippen LogP contribution in [0.4, 0.5) is 0 Å². The second-order valence-corrected chi connectivity index (χ2v) is 7.09. The highest BCUT2D eigenvalue weighted by atomic mass is 15.0. The molecule has 2 saturated carbocycles. The van der Waals surface area contributed by atoms with Crippen molar-refractivity contribution in [2.75, 3.05) is 0 Å². The van der Waals surface area contributed by atoms with Crippen molar-refractivity contribution < 1.29 is 0 Å². The maximum Gasteiger partial charge on any atom is 0.00721 e. The van der Waals surface area contributed by atoms with Crippen molar-refractivity contribution in [2.24, 2.45) is 5.92 Å². The summed E-state index contributed by atoms with van der Waals surface area (Å²) in [5.74, 6) is 1.74. The zero-order valence-electron chi connectivity index (χ0n) is 12.9. The Labute approximate surface area is 124 Å². The fraction of sp³-hybridized carbons (Fsp3) is 0.684. The van der Waals surface area contributed by atoms with Crippen molar-refractivity contribution in [3.63, 3.8) is 0 Å². The summed E-state index contributed by atoms with van der Waals surface area (Å²) in [6.45, 7) is 2.42. The fourth-order valence-corrected chi connectivity index (χ4v) is 4.24. The van der Waals surface area contributed by atoms with Crippen LogP contribution in [-0.2, 0) is 0 Å². The zero-order valence-corrected chi connectivity index (χ0v) is 12.9. The minimum atomic E-state index is 0.783. The standard InChI is InChI=1S/C19H29N/c1-15-6-5-9-19(14-15)20-18-12-10-17(11-13-18)16-7-3-2-4-8-16/h2-4,7-8,15,17-20H,5-6,9-14H2,1H3. The Bertz CT molecular complexity index is 391. The van der Waals surface area contributed by atoms with Crippen LogP contribution in [0.25, 0.3) is 0 Å². The van der Waals surface area contributed by atoms with E-state index >= 15 is 0 Å². The third kappa shape index (κ3) is 3.63. The molecule has 2 atom stereocenters. The highest BCUT2D eigenvalue weighted by Gasteiger charge is 2.26. The Morgan fingerprint density at radius 3 is 2.30 bits per heavy atom. The van der Waals surface area contributed by atoms with E-state index in [-0.39, 0.29) is 0 Å². The van der Waals surface area contributed by atoms with Crippen LogP contribution in [0.1, 0.15) is 69.8 Å². The summed E-state index contributed by atoms with van der Waals surface area (Å²) in [6, 6.07) is 12.7. The molecule has 2 unspecified atom stereocenters. The van der Waals surface area contributed by atoms with Crippen molar-refractivity contribution in [2.45, 2.75) is 76.3 Å². The average molecular weight is 271 g/mol. The van der Waals surface area contributed by atoms with E-state index in [0.717, 1.165) is 23.9 Å². The summed E-state index contributed by atoms with van der Waals surface area (Å²) in [7, 11) is 0. The van der Waals surface area contributed by atoms with E-state index in [9.17, 15) is 0 Å². The van der Waals surface area contributed by atoms with Gasteiger partial charge in [-0.15, -0.1) is 0 Å². The Kier molecular flexibility index (Phi) is 4.77. The lowest BCUT2D eigenvalue weighted by Crippen LogP contribution is -2.42. The number of hydrogen-bond donors (Lipinski definition) is 1. The first kappa shape index (κ1) is 14.1. The second-order valence-electron chi connectivity index (χ2n) is 7.09. The molecule has 110 valence electrons. The van der Waals surface area contributed by atoms with Gasteiger partial charge in [-0.3, -0.25) is 0 Å². The van der Waals surface area contributed by atoms with Gasteiger partial charge >= 0.3 is 0 Å². The van der Waals surface area contributed by atoms with Crippen LogP contribution in [0.15, 0.2) is 30.3 Å². The summed E-state index contributed by atoms with van der Waals surface area (Å²) in [5.41, 5.74) is 1.55. The summed E-state index contributed by atoms with van der Waals surface area (Å²) in [4.78, 5) is 0. The van der Waals surface area contributed by atoms with Crippen molar-refractivity contribution in [3.05, 3.63) is 35.9 Å². The molecule has 0 amide bonds. The van der Waals surface area contributed by atoms with Crippen LogP contribution in [0.3, 0.4) is 0 Å². The molecule has 20 heavy (non-hydrogen) atoms. The number of hydrogen-bond acceptors (Lipinski definition) is 1. The van der Waals surface area contributed by atoms with E-state index in [0.29, 0.717) is 0 Å². The van der Waals surface area contributed by atoms with Gasteiger partial charge in [0.15, 0.2) is 0 Å². The van der Waals surface area contributed by atoms with Crippen molar-refractivity contribution in [1.29, 1.82) is 0 Å². The quantitative estimate of drug-likeness (QED) is 0.826. The van der Waals surface area contributed by atoms with Gasteiger partial charge in [-0.25, -0.2) is 0 Å². The molecule has 2 aliphatic carbocycles. The van der Waals surface area contributed by atoms with E-state index in [4.69, 9.17) is 0 Å². The summed E-state index contributed by atoms with van der Waals surface area (Å²) >= 11 is 0. The van der Waals surface area contributed by atoms with E-state index < -0.39 is 0 Å². The largest absolute Gasteiger partial charge is 0.311 e. The van der Waals surface area contributed by atoms with E-state index in [2.05, 4.69) is 42.6 Å². The third-order valence-electron chi connectivity index (χ3n) is 5.41. The predicted molar refractivity (Wildman–Crippen MR) is 86.0 cm³/mol. The molecule has 1 aromatic carbocycles. The molecule has 0 bridgehead atoms. The van der Waals surface area contributed by atoms with Crippen LogP contribution in [0.2, 0.25) is 0 Å². The van der Waals surface area contributed by atoms with Gasteiger partial charge in [0.25, 0.3) is 0 Å². The Hall–Kier alpha value is -0.820. The van der Waals surface area contributed by atoms with Gasteiger partial charge < -0.3 is 5.32 Å². The highest BCUT2D eigenvalue weighted by Crippen LogP contribution is 2.33. The summed E-state index contributed by atoms with van der Waals surface area (Å²) in [5, 5.41) is 3.96. The zero-order chi connectivity index (χ0) is 13.8. The highest BCUT2D eigenvalue weighted by molar-refractivity contribution is 5.20. The van der Waals surface area contributed by atoms with Gasteiger partial charge in [0.05, 0.1) is 0 Å². The molecule has 0 spiro atoms. The van der Waals surface area contributed by atoms with E-state index in [1.807, 2.05) is 0 Å². The van der Waals surface area contributed by atoms with Gasteiger partial charge in [-0.05, 0) is 55.9 Å². The minimum absolute atomic E-state index is 0.783. The molecule has 2 fully saturated rings. The minimum Gasteiger partial charge on any atom is -0.311 e. The van der Waals surface area contributed by atoms with Gasteiger partial charge in [-0.2, -0.15) is 0 Å². The molecule has 1 heteroatoms. The van der Waals surface area contributed by atoms with Crippen molar-refractivity contribution in [3.8, 4) is 0 Å². The maximum absolute atomic E-state index is 3.96. The Balaban J connectivity index is 1.46. The fourth-order valence-electron chi connectivity index (χ4n) is 4.24. The van der Waals surface area contributed by atoms with E-state index in [1.165, 1.54) is 51.4 Å². The Morgan fingerprint density at radius 2 is 1.60 bits per heavy atom. The van der Waals surface area contributed by atoms with Crippen LogP contribution in [-0.4, -0.2) is 12.1 Å². The van der Waals surface area contributed by atoms with Crippen LogP contribution < -0.4 is 5.32 Å². The third-order valence-corrected chi connectivity index (χ3v) is 5.41. The molecule has 3 rings (SSSR count). The smallest absolute Gasteiger partial charge is 0.00721 e. The molecule has 0 saturated heterocycles. The van der Waals surface area contributed by atoms with Gasteiger partial charge in [0, 0.05) is 12.1 Å². The monoisotopic (exact) mass is 271 g/mol. The normalized spacial score (nSPS) is 34.9. The van der Waals surface area contributed by atoms with Gasteiger partial charge in [0.2, 0.25) is 0 Å². The molecule has 1 aromatic rings. The summed E-state index contributed by atoms with van der Waals surface area (Å²) < 4.78 is 0. The van der Waals surface area contributed by atoms with Crippen LogP contribution in [0, 0.1) is 5.92 Å². The lowest BCUT2D eigenvalue weighted by Gasteiger charge is -2.35. The maximum atomic E-state index is 3.96. The summed E-state index contributed by atoms with van der Waals surface area (Å²) in [6.07, 6.45) is 11.1.